The van der Waals surface area contributed by atoms with Gasteiger partial charge in [0.2, 0.25) is 0 Å². The van der Waals surface area contributed by atoms with E-state index in [0.717, 1.165) is 11.1 Å². The van der Waals surface area contributed by atoms with Gasteiger partial charge in [-0.15, -0.1) is 0 Å². The first kappa shape index (κ1) is 13.2. The van der Waals surface area contributed by atoms with Crippen LogP contribution in [0.2, 0.25) is 10.0 Å². The molecule has 0 atom stereocenters. The fourth-order valence-corrected chi connectivity index (χ4v) is 2.25. The summed E-state index contributed by atoms with van der Waals surface area (Å²) in [6, 6.07) is 9.66. The fourth-order valence-electron chi connectivity index (χ4n) is 1.65. The Kier molecular flexibility index (Phi) is 4.10. The minimum absolute atomic E-state index is 0.276. The molecule has 0 aliphatic rings. The highest BCUT2D eigenvalue weighted by Gasteiger charge is 2.10. The zero-order chi connectivity index (χ0) is 13.1. The van der Waals surface area contributed by atoms with E-state index in [0.29, 0.717) is 22.4 Å². The van der Waals surface area contributed by atoms with Crippen LogP contribution in [0.4, 0.5) is 4.39 Å². The molecule has 0 spiro atoms. The van der Waals surface area contributed by atoms with Crippen LogP contribution in [0.15, 0.2) is 36.4 Å². The summed E-state index contributed by atoms with van der Waals surface area (Å²) >= 11 is 12.2. The molecule has 0 aliphatic heterocycles. The van der Waals surface area contributed by atoms with E-state index in [1.54, 1.807) is 24.3 Å². The van der Waals surface area contributed by atoms with Gasteiger partial charge in [-0.1, -0.05) is 35.3 Å². The quantitative estimate of drug-likeness (QED) is 0.753. The largest absolute Gasteiger partial charge is 0.491 e. The van der Waals surface area contributed by atoms with Gasteiger partial charge >= 0.3 is 0 Å². The Labute approximate surface area is 115 Å². The van der Waals surface area contributed by atoms with Crippen molar-refractivity contribution in [2.75, 3.05) is 6.61 Å². The van der Waals surface area contributed by atoms with Crippen molar-refractivity contribution in [2.45, 2.75) is 6.92 Å². The molecule has 0 bridgehead atoms. The lowest BCUT2D eigenvalue weighted by molar-refractivity contribution is 0.340. The molecule has 2 rings (SSSR count). The maximum Gasteiger partial charge on any atom is 0.156 e. The Morgan fingerprint density at radius 1 is 1.00 bits per heavy atom. The van der Waals surface area contributed by atoms with Crippen molar-refractivity contribution in [3.05, 3.63) is 52.3 Å². The molecule has 0 unspecified atom stereocenters. The van der Waals surface area contributed by atoms with Gasteiger partial charge in [-0.2, -0.15) is 0 Å². The van der Waals surface area contributed by atoms with Gasteiger partial charge in [0.25, 0.3) is 0 Å². The molecular formula is C14H11Cl2FO. The Bertz CT molecular complexity index is 529. The van der Waals surface area contributed by atoms with Crippen LogP contribution in [0.1, 0.15) is 6.92 Å². The molecular weight excluding hydrogens is 274 g/mol. The highest BCUT2D eigenvalue weighted by atomic mass is 35.5. The molecule has 0 heterocycles. The Morgan fingerprint density at radius 2 is 1.56 bits per heavy atom. The molecule has 0 saturated carbocycles. The average molecular weight is 285 g/mol. The summed E-state index contributed by atoms with van der Waals surface area (Å²) in [5.74, 6) is 0.202. The summed E-state index contributed by atoms with van der Waals surface area (Å²) in [6.07, 6.45) is 0. The molecule has 0 radical (unpaired) electrons. The first-order valence-electron chi connectivity index (χ1n) is 5.49. The number of benzene rings is 2. The van der Waals surface area contributed by atoms with Gasteiger partial charge in [0.05, 0.1) is 16.7 Å². The third-order valence-electron chi connectivity index (χ3n) is 2.46. The number of rotatable bonds is 3. The van der Waals surface area contributed by atoms with Crippen molar-refractivity contribution in [2.24, 2.45) is 0 Å². The van der Waals surface area contributed by atoms with Gasteiger partial charge in [-0.25, -0.2) is 4.39 Å². The lowest BCUT2D eigenvalue weighted by Crippen LogP contribution is -1.93. The molecule has 0 fully saturated rings. The zero-order valence-corrected chi connectivity index (χ0v) is 11.2. The maximum atomic E-state index is 12.9. The molecule has 18 heavy (non-hydrogen) atoms. The molecule has 1 nitrogen and oxygen atoms in total. The van der Waals surface area contributed by atoms with E-state index >= 15 is 0 Å². The first-order chi connectivity index (χ1) is 8.61. The minimum Gasteiger partial charge on any atom is -0.491 e. The highest BCUT2D eigenvalue weighted by molar-refractivity contribution is 6.37. The lowest BCUT2D eigenvalue weighted by Gasteiger charge is -2.10. The van der Waals surface area contributed by atoms with Crippen molar-refractivity contribution in [1.29, 1.82) is 0 Å². The molecule has 4 heteroatoms. The van der Waals surface area contributed by atoms with Crippen LogP contribution in [0.5, 0.6) is 5.75 Å². The van der Waals surface area contributed by atoms with Crippen LogP contribution >= 0.6 is 23.2 Å². The smallest absolute Gasteiger partial charge is 0.156 e. The van der Waals surface area contributed by atoms with Gasteiger partial charge in [-0.3, -0.25) is 0 Å². The van der Waals surface area contributed by atoms with Crippen LogP contribution in [0, 0.1) is 5.82 Å². The van der Waals surface area contributed by atoms with Crippen molar-refractivity contribution in [1.82, 2.24) is 0 Å². The van der Waals surface area contributed by atoms with Crippen LogP contribution in [0.3, 0.4) is 0 Å². The number of hydrogen-bond acceptors (Lipinski definition) is 1. The molecule has 0 N–H and O–H groups in total. The standard InChI is InChI=1S/C14H11Cl2FO/c1-2-18-14-12(15)7-10(8-13(14)16)9-3-5-11(17)6-4-9/h3-8H,2H2,1H3. The SMILES string of the molecule is CCOc1c(Cl)cc(-c2ccc(F)cc2)cc1Cl. The molecule has 0 amide bonds. The van der Waals surface area contributed by atoms with Crippen LogP contribution in [0.25, 0.3) is 11.1 Å². The van der Waals surface area contributed by atoms with E-state index in [-0.39, 0.29) is 5.82 Å². The minimum atomic E-state index is -0.276. The normalized spacial score (nSPS) is 10.4. The van der Waals surface area contributed by atoms with Crippen LogP contribution < -0.4 is 4.74 Å². The van der Waals surface area contributed by atoms with E-state index < -0.39 is 0 Å². The second-order valence-electron chi connectivity index (χ2n) is 3.71. The zero-order valence-electron chi connectivity index (χ0n) is 9.71. The fraction of sp³-hybridized carbons (Fsp3) is 0.143. The predicted octanol–water partition coefficient (Wildman–Crippen LogP) is 5.20. The second kappa shape index (κ2) is 5.59. The number of hydrogen-bond donors (Lipinski definition) is 0. The van der Waals surface area contributed by atoms with E-state index in [9.17, 15) is 4.39 Å². The molecule has 94 valence electrons. The lowest BCUT2D eigenvalue weighted by atomic mass is 10.1. The van der Waals surface area contributed by atoms with E-state index in [2.05, 4.69) is 0 Å². The average Bonchev–Trinajstić information content (AvgIpc) is 2.34. The Morgan fingerprint density at radius 3 is 2.06 bits per heavy atom. The highest BCUT2D eigenvalue weighted by Crippen LogP contribution is 2.37. The predicted molar refractivity (Wildman–Crippen MR) is 73.0 cm³/mol. The third-order valence-corrected chi connectivity index (χ3v) is 3.03. The van der Waals surface area contributed by atoms with Gasteiger partial charge in [-0.05, 0) is 42.3 Å². The number of ether oxygens (including phenoxy) is 1. The van der Waals surface area contributed by atoms with Crippen LogP contribution in [-0.4, -0.2) is 6.61 Å². The van der Waals surface area contributed by atoms with Crippen molar-refractivity contribution in [3.63, 3.8) is 0 Å². The second-order valence-corrected chi connectivity index (χ2v) is 4.52. The summed E-state index contributed by atoms with van der Waals surface area (Å²) in [4.78, 5) is 0. The Hall–Kier alpha value is -1.25. The van der Waals surface area contributed by atoms with E-state index in [1.165, 1.54) is 12.1 Å². The van der Waals surface area contributed by atoms with Crippen molar-refractivity contribution < 1.29 is 9.13 Å². The molecule has 2 aromatic rings. The van der Waals surface area contributed by atoms with Gasteiger partial charge in [0.15, 0.2) is 5.75 Å². The van der Waals surface area contributed by atoms with Gasteiger partial charge in [0.1, 0.15) is 5.82 Å². The summed E-state index contributed by atoms with van der Waals surface area (Å²) in [7, 11) is 0. The Balaban J connectivity index is 2.44. The molecule has 0 saturated heterocycles. The summed E-state index contributed by atoms with van der Waals surface area (Å²) < 4.78 is 18.2. The maximum absolute atomic E-state index is 12.9. The monoisotopic (exact) mass is 284 g/mol. The number of halogens is 3. The molecule has 2 aromatic carbocycles. The summed E-state index contributed by atoms with van der Waals surface area (Å²) in [6.45, 7) is 2.36. The molecule has 0 aliphatic carbocycles. The summed E-state index contributed by atoms with van der Waals surface area (Å²) in [5.41, 5.74) is 1.68. The van der Waals surface area contributed by atoms with Crippen molar-refractivity contribution in [3.8, 4) is 16.9 Å². The van der Waals surface area contributed by atoms with E-state index in [4.69, 9.17) is 27.9 Å². The van der Waals surface area contributed by atoms with Crippen molar-refractivity contribution >= 4 is 23.2 Å². The van der Waals surface area contributed by atoms with E-state index in [1.807, 2.05) is 6.92 Å². The van der Waals surface area contributed by atoms with Gasteiger partial charge in [0, 0.05) is 0 Å². The molecule has 0 aromatic heterocycles. The van der Waals surface area contributed by atoms with Gasteiger partial charge < -0.3 is 4.74 Å². The van der Waals surface area contributed by atoms with Crippen LogP contribution in [-0.2, 0) is 0 Å². The first-order valence-corrected chi connectivity index (χ1v) is 6.25. The topological polar surface area (TPSA) is 9.23 Å². The third kappa shape index (κ3) is 2.77. The summed E-state index contributed by atoms with van der Waals surface area (Å²) in [5, 5.41) is 0.896.